The highest BCUT2D eigenvalue weighted by Gasteiger charge is 2.18. The Morgan fingerprint density at radius 2 is 0.796 bits per heavy atom. The molecule has 11 rings (SSSR count). The first kappa shape index (κ1) is 30.8. The van der Waals surface area contributed by atoms with Crippen molar-refractivity contribution >= 4 is 91.9 Å². The molecule has 11 aromatic rings. The van der Waals surface area contributed by atoms with Crippen molar-refractivity contribution in [1.82, 2.24) is 4.98 Å². The normalized spacial score (nSPS) is 11.7. The quantitative estimate of drug-likeness (QED) is 0.166. The number of aromatic nitrogens is 1. The number of anilines is 3. The Balaban J connectivity index is 1.06. The molecule has 0 bridgehead atoms. The number of thiophene rings is 1. The molecule has 2 nitrogen and oxygen atoms in total. The van der Waals surface area contributed by atoms with Crippen LogP contribution < -0.4 is 4.90 Å². The van der Waals surface area contributed by atoms with E-state index in [1.807, 2.05) is 0 Å². The number of benzene rings is 9. The van der Waals surface area contributed by atoms with Gasteiger partial charge < -0.3 is 0 Å². The average Bonchev–Trinajstić information content (AvgIpc) is 3.62. The number of hydrogen-bond acceptors (Lipinski definition) is 3. The Hall–Kier alpha value is -6.81. The molecule has 0 N–H and O–H groups in total. The van der Waals surface area contributed by atoms with E-state index in [1.165, 1.54) is 80.1 Å². The lowest BCUT2D eigenvalue weighted by Gasteiger charge is -2.25. The molecular weight excluding hydrogens is 673 g/mol. The topological polar surface area (TPSA) is 16.1 Å². The molecule has 0 radical (unpaired) electrons. The van der Waals surface area contributed by atoms with Crippen LogP contribution in [0.15, 0.2) is 194 Å². The lowest BCUT2D eigenvalue weighted by atomic mass is 9.93. The molecule has 0 saturated carbocycles. The van der Waals surface area contributed by atoms with E-state index in [0.717, 1.165) is 22.7 Å². The molecule has 0 spiro atoms. The Bertz CT molecular complexity index is 3050. The largest absolute Gasteiger partial charge is 0.295 e. The van der Waals surface area contributed by atoms with Crippen molar-refractivity contribution in [3.63, 3.8) is 0 Å². The van der Waals surface area contributed by atoms with Gasteiger partial charge in [-0.3, -0.25) is 4.90 Å². The van der Waals surface area contributed by atoms with Gasteiger partial charge >= 0.3 is 0 Å². The van der Waals surface area contributed by atoms with E-state index in [-0.39, 0.29) is 0 Å². The first-order chi connectivity index (χ1) is 26.8. The minimum atomic E-state index is 0.888. The number of hydrogen-bond donors (Lipinski definition) is 0. The van der Waals surface area contributed by atoms with Gasteiger partial charge in [0.1, 0.15) is 5.82 Å². The summed E-state index contributed by atoms with van der Waals surface area (Å²) in [5.74, 6) is 0.888. The number of pyridine rings is 1. The maximum absolute atomic E-state index is 5.36. The van der Waals surface area contributed by atoms with E-state index >= 15 is 0 Å². The maximum Gasteiger partial charge on any atom is 0.138 e. The molecule has 2 aromatic heterocycles. The predicted molar refractivity (Wildman–Crippen MR) is 233 cm³/mol. The van der Waals surface area contributed by atoms with Crippen LogP contribution in [0.1, 0.15) is 0 Å². The molecule has 0 fully saturated rings. The van der Waals surface area contributed by atoms with Gasteiger partial charge in [0, 0.05) is 21.5 Å². The highest BCUT2D eigenvalue weighted by molar-refractivity contribution is 7.25. The molecule has 0 aliphatic carbocycles. The lowest BCUT2D eigenvalue weighted by molar-refractivity contribution is 1.21. The molecule has 0 aliphatic rings. The van der Waals surface area contributed by atoms with Gasteiger partial charge in [0.25, 0.3) is 0 Å². The van der Waals surface area contributed by atoms with Crippen molar-refractivity contribution in [2.75, 3.05) is 4.90 Å². The zero-order valence-electron chi connectivity index (χ0n) is 29.3. The summed E-state index contributed by atoms with van der Waals surface area (Å²) in [7, 11) is 0. The van der Waals surface area contributed by atoms with Gasteiger partial charge in [-0.05, 0) is 120 Å². The summed E-state index contributed by atoms with van der Waals surface area (Å²) in [5.41, 5.74) is 7.99. The second kappa shape index (κ2) is 12.4. The summed E-state index contributed by atoms with van der Waals surface area (Å²) < 4.78 is 2.44. The smallest absolute Gasteiger partial charge is 0.138 e. The number of rotatable bonds is 5. The third kappa shape index (κ3) is 4.97. The highest BCUT2D eigenvalue weighted by Crippen LogP contribution is 2.42. The van der Waals surface area contributed by atoms with Crippen molar-refractivity contribution in [1.29, 1.82) is 0 Å². The number of nitrogens with zero attached hydrogens (tertiary/aromatic N) is 2. The van der Waals surface area contributed by atoms with Crippen molar-refractivity contribution in [3.8, 4) is 22.3 Å². The van der Waals surface area contributed by atoms with E-state index in [2.05, 4.69) is 199 Å². The summed E-state index contributed by atoms with van der Waals surface area (Å²) in [6.45, 7) is 0. The summed E-state index contributed by atoms with van der Waals surface area (Å²) in [6.07, 6.45) is 0. The van der Waals surface area contributed by atoms with E-state index in [9.17, 15) is 0 Å². The van der Waals surface area contributed by atoms with Gasteiger partial charge in [-0.15, -0.1) is 11.3 Å². The SMILES string of the molecule is c1ccc2c(c1)cc(-c1ccc(N(c3ccc(-c4cc5ccccc5c5ccccc45)cc3)c3ccc4sc5ccccc5c4n3)cc1)c1ccccc12. The van der Waals surface area contributed by atoms with E-state index in [1.54, 1.807) is 11.3 Å². The van der Waals surface area contributed by atoms with Crippen LogP contribution in [0.2, 0.25) is 0 Å². The summed E-state index contributed by atoms with van der Waals surface area (Å²) in [4.78, 5) is 7.65. The Morgan fingerprint density at radius 1 is 0.352 bits per heavy atom. The highest BCUT2D eigenvalue weighted by atomic mass is 32.1. The molecule has 0 atom stereocenters. The second-order valence-electron chi connectivity index (χ2n) is 13.9. The van der Waals surface area contributed by atoms with Crippen LogP contribution in [0.25, 0.3) is 85.6 Å². The first-order valence-corrected chi connectivity index (χ1v) is 19.2. The zero-order chi connectivity index (χ0) is 35.6. The third-order valence-corrected chi connectivity index (χ3v) is 12.0. The van der Waals surface area contributed by atoms with Crippen LogP contribution in [-0.2, 0) is 0 Å². The van der Waals surface area contributed by atoms with Gasteiger partial charge in [-0.2, -0.15) is 0 Å². The minimum Gasteiger partial charge on any atom is -0.295 e. The van der Waals surface area contributed by atoms with Crippen LogP contribution in [-0.4, -0.2) is 4.98 Å². The van der Waals surface area contributed by atoms with Crippen molar-refractivity contribution < 1.29 is 0 Å². The van der Waals surface area contributed by atoms with Crippen LogP contribution in [0.3, 0.4) is 0 Å². The van der Waals surface area contributed by atoms with Crippen molar-refractivity contribution in [3.05, 3.63) is 194 Å². The molecule has 0 unspecified atom stereocenters. The minimum absolute atomic E-state index is 0.888. The maximum atomic E-state index is 5.36. The van der Waals surface area contributed by atoms with Gasteiger partial charge in [0.05, 0.1) is 10.2 Å². The molecule has 3 heteroatoms. The number of fused-ring (bicyclic) bond motifs is 9. The lowest BCUT2D eigenvalue weighted by Crippen LogP contribution is -2.11. The van der Waals surface area contributed by atoms with Gasteiger partial charge in [0.2, 0.25) is 0 Å². The zero-order valence-corrected chi connectivity index (χ0v) is 30.1. The molecule has 0 aliphatic heterocycles. The summed E-state index contributed by atoms with van der Waals surface area (Å²) >= 11 is 1.79. The molecular formula is C51H32N2S. The fourth-order valence-corrected chi connectivity index (χ4v) is 9.33. The van der Waals surface area contributed by atoms with E-state index in [0.29, 0.717) is 0 Å². The Morgan fingerprint density at radius 3 is 1.33 bits per heavy atom. The van der Waals surface area contributed by atoms with Crippen LogP contribution >= 0.6 is 11.3 Å². The van der Waals surface area contributed by atoms with Crippen molar-refractivity contribution in [2.45, 2.75) is 0 Å². The van der Waals surface area contributed by atoms with E-state index in [4.69, 9.17) is 4.98 Å². The van der Waals surface area contributed by atoms with Crippen LogP contribution in [0, 0.1) is 0 Å². The monoisotopic (exact) mass is 704 g/mol. The molecule has 2 heterocycles. The summed E-state index contributed by atoms with van der Waals surface area (Å²) in [5, 5.41) is 11.3. The summed E-state index contributed by atoms with van der Waals surface area (Å²) in [6, 6.07) is 70.4. The predicted octanol–water partition coefficient (Wildman–Crippen LogP) is 14.9. The van der Waals surface area contributed by atoms with Gasteiger partial charge in [-0.1, -0.05) is 140 Å². The van der Waals surface area contributed by atoms with Crippen LogP contribution in [0.4, 0.5) is 17.2 Å². The average molecular weight is 705 g/mol. The second-order valence-corrected chi connectivity index (χ2v) is 15.0. The standard InChI is InChI=1S/C51H32N2S/c1-3-13-39-35(11-1)31-46(43-17-7-5-15-41(39)43)33-21-25-37(26-22-33)53(50-30-29-49-51(52-50)45-19-9-10-20-48(45)54-49)38-27-23-34(24-28-38)47-32-36-12-2-4-14-40(36)42-16-6-8-18-44(42)47/h1-32H. The van der Waals surface area contributed by atoms with Gasteiger partial charge in [-0.25, -0.2) is 4.98 Å². The Labute approximate surface area is 316 Å². The first-order valence-electron chi connectivity index (χ1n) is 18.4. The van der Waals surface area contributed by atoms with Crippen molar-refractivity contribution in [2.24, 2.45) is 0 Å². The molecule has 9 aromatic carbocycles. The third-order valence-electron chi connectivity index (χ3n) is 10.8. The fourth-order valence-electron chi connectivity index (χ4n) is 8.29. The molecule has 0 amide bonds. The molecule has 0 saturated heterocycles. The fraction of sp³-hybridized carbons (Fsp3) is 0. The molecule has 54 heavy (non-hydrogen) atoms. The van der Waals surface area contributed by atoms with E-state index < -0.39 is 0 Å². The van der Waals surface area contributed by atoms with Crippen LogP contribution in [0.5, 0.6) is 0 Å². The Kier molecular flexibility index (Phi) is 7.07. The molecule has 252 valence electrons. The van der Waals surface area contributed by atoms with Gasteiger partial charge in [0.15, 0.2) is 0 Å².